The number of nitrogens with zero attached hydrogens (tertiary/aromatic N) is 3. The van der Waals surface area contributed by atoms with Gasteiger partial charge in [-0.05, 0) is 19.2 Å². The summed E-state index contributed by atoms with van der Waals surface area (Å²) in [7, 11) is 2.06. The Morgan fingerprint density at radius 1 is 1.60 bits per heavy atom. The monoisotopic (exact) mass is 222 g/mol. The van der Waals surface area contributed by atoms with Crippen LogP contribution in [-0.4, -0.2) is 36.1 Å². The average Bonchev–Trinajstić information content (AvgIpc) is 2.14. The zero-order chi connectivity index (χ0) is 10.8. The Hall–Kier alpha value is -1.31. The lowest BCUT2D eigenvalue weighted by atomic mass is 10.1. The number of halogens is 1. The molecule has 4 nitrogen and oxygen atoms in total. The lowest BCUT2D eigenvalue weighted by molar-refractivity contribution is 0.205. The van der Waals surface area contributed by atoms with Crippen LogP contribution in [0.5, 0.6) is 0 Å². The first kappa shape index (κ1) is 10.2. The van der Waals surface area contributed by atoms with Crippen molar-refractivity contribution in [3.05, 3.63) is 22.8 Å². The lowest BCUT2D eigenvalue weighted by Gasteiger charge is -2.36. The quantitative estimate of drug-likeness (QED) is 0.768. The van der Waals surface area contributed by atoms with Crippen LogP contribution in [0.1, 0.15) is 5.56 Å². The summed E-state index contributed by atoms with van der Waals surface area (Å²) in [6.45, 7) is 1.99. The topological polar surface area (TPSA) is 52.0 Å². The van der Waals surface area contributed by atoms with Gasteiger partial charge in [-0.2, -0.15) is 5.26 Å². The fourth-order valence-corrected chi connectivity index (χ4v) is 1.84. The second kappa shape index (κ2) is 4.05. The van der Waals surface area contributed by atoms with E-state index in [0.717, 1.165) is 13.1 Å². The van der Waals surface area contributed by atoms with E-state index in [1.54, 1.807) is 12.1 Å². The minimum Gasteiger partial charge on any atom is -0.365 e. The highest BCUT2D eigenvalue weighted by Crippen LogP contribution is 2.16. The van der Waals surface area contributed by atoms with Crippen molar-refractivity contribution in [3.63, 3.8) is 0 Å². The molecule has 0 bridgehead atoms. The largest absolute Gasteiger partial charge is 0.365 e. The Kier molecular flexibility index (Phi) is 2.76. The molecular weight excluding hydrogens is 212 g/mol. The van der Waals surface area contributed by atoms with Crippen LogP contribution in [0, 0.1) is 11.3 Å². The van der Waals surface area contributed by atoms with Crippen molar-refractivity contribution in [2.45, 2.75) is 6.04 Å². The number of pyridine rings is 1. The fourth-order valence-electron chi connectivity index (χ4n) is 1.63. The van der Waals surface area contributed by atoms with Crippen LogP contribution >= 0.6 is 11.6 Å². The molecule has 2 heterocycles. The van der Waals surface area contributed by atoms with E-state index in [0.29, 0.717) is 22.6 Å². The van der Waals surface area contributed by atoms with Gasteiger partial charge in [0.05, 0.1) is 17.7 Å². The number of likely N-dealkylation sites (tertiary alicyclic amines) is 1. The van der Waals surface area contributed by atoms with E-state index in [1.165, 1.54) is 0 Å². The van der Waals surface area contributed by atoms with Crippen molar-refractivity contribution < 1.29 is 0 Å². The highest BCUT2D eigenvalue weighted by Gasteiger charge is 2.23. The number of rotatable bonds is 2. The van der Waals surface area contributed by atoms with Gasteiger partial charge in [-0.25, -0.2) is 4.98 Å². The van der Waals surface area contributed by atoms with Crippen molar-refractivity contribution >= 4 is 17.4 Å². The molecule has 0 aliphatic carbocycles. The van der Waals surface area contributed by atoms with Crippen LogP contribution in [0.2, 0.25) is 5.15 Å². The standard InChI is InChI=1S/C10H11ClN4/c1-15-5-8(6-15)13-10-3-7(4-12)2-9(11)14-10/h2-3,8H,5-6H2,1H3,(H,13,14). The second-order valence-electron chi connectivity index (χ2n) is 3.74. The molecule has 15 heavy (non-hydrogen) atoms. The maximum absolute atomic E-state index is 8.76. The van der Waals surface area contributed by atoms with E-state index in [2.05, 4.69) is 28.3 Å². The summed E-state index contributed by atoms with van der Waals surface area (Å²) in [5.41, 5.74) is 0.533. The molecule has 5 heteroatoms. The smallest absolute Gasteiger partial charge is 0.132 e. The van der Waals surface area contributed by atoms with Crippen molar-refractivity contribution in [3.8, 4) is 6.07 Å². The molecule has 0 radical (unpaired) electrons. The Bertz CT molecular complexity index is 406. The second-order valence-corrected chi connectivity index (χ2v) is 4.13. The van der Waals surface area contributed by atoms with Crippen molar-refractivity contribution in [2.75, 3.05) is 25.5 Å². The van der Waals surface area contributed by atoms with Crippen LogP contribution < -0.4 is 5.32 Å². The first-order valence-electron chi connectivity index (χ1n) is 4.70. The maximum Gasteiger partial charge on any atom is 0.132 e. The SMILES string of the molecule is CN1CC(Nc2cc(C#N)cc(Cl)n2)C1. The fraction of sp³-hybridized carbons (Fsp3) is 0.400. The zero-order valence-corrected chi connectivity index (χ0v) is 9.12. The number of nitriles is 1. The van der Waals surface area contributed by atoms with E-state index in [-0.39, 0.29) is 0 Å². The third kappa shape index (κ3) is 2.38. The number of anilines is 1. The molecule has 1 aliphatic rings. The highest BCUT2D eigenvalue weighted by molar-refractivity contribution is 6.29. The summed E-state index contributed by atoms with van der Waals surface area (Å²) in [4.78, 5) is 6.32. The first-order chi connectivity index (χ1) is 7.17. The Labute approximate surface area is 93.5 Å². The maximum atomic E-state index is 8.76. The Balaban J connectivity index is 2.08. The summed E-state index contributed by atoms with van der Waals surface area (Å²) in [5, 5.41) is 12.3. The van der Waals surface area contributed by atoms with E-state index in [1.807, 2.05) is 0 Å². The summed E-state index contributed by atoms with van der Waals surface area (Å²) < 4.78 is 0. The van der Waals surface area contributed by atoms with Gasteiger partial charge in [0.25, 0.3) is 0 Å². The van der Waals surface area contributed by atoms with E-state index in [4.69, 9.17) is 16.9 Å². The summed E-state index contributed by atoms with van der Waals surface area (Å²) in [6, 6.07) is 5.73. The van der Waals surface area contributed by atoms with Gasteiger partial charge in [-0.1, -0.05) is 11.6 Å². The molecule has 1 N–H and O–H groups in total. The summed E-state index contributed by atoms with van der Waals surface area (Å²) in [6.07, 6.45) is 0. The number of aromatic nitrogens is 1. The van der Waals surface area contributed by atoms with Gasteiger partial charge in [0, 0.05) is 13.1 Å². The molecule has 0 unspecified atom stereocenters. The normalized spacial score (nSPS) is 16.9. The molecule has 0 saturated carbocycles. The van der Waals surface area contributed by atoms with Crippen molar-refractivity contribution in [2.24, 2.45) is 0 Å². The lowest BCUT2D eigenvalue weighted by Crippen LogP contribution is -2.52. The van der Waals surface area contributed by atoms with Gasteiger partial charge in [-0.3, -0.25) is 0 Å². The van der Waals surface area contributed by atoms with Crippen LogP contribution in [0.4, 0.5) is 5.82 Å². The number of hydrogen-bond donors (Lipinski definition) is 1. The number of hydrogen-bond acceptors (Lipinski definition) is 4. The Morgan fingerprint density at radius 2 is 2.33 bits per heavy atom. The molecule has 1 aromatic rings. The molecule has 0 amide bonds. The van der Waals surface area contributed by atoms with E-state index >= 15 is 0 Å². The number of nitrogens with one attached hydrogen (secondary N) is 1. The first-order valence-corrected chi connectivity index (χ1v) is 5.08. The van der Waals surface area contributed by atoms with Crippen LogP contribution in [-0.2, 0) is 0 Å². The molecule has 1 fully saturated rings. The van der Waals surface area contributed by atoms with Crippen molar-refractivity contribution in [1.82, 2.24) is 9.88 Å². The molecule has 0 atom stereocenters. The van der Waals surface area contributed by atoms with Crippen LogP contribution in [0.25, 0.3) is 0 Å². The van der Waals surface area contributed by atoms with Crippen molar-refractivity contribution in [1.29, 1.82) is 5.26 Å². The Morgan fingerprint density at radius 3 is 2.93 bits per heavy atom. The zero-order valence-electron chi connectivity index (χ0n) is 8.37. The summed E-state index contributed by atoms with van der Waals surface area (Å²) >= 11 is 5.79. The summed E-state index contributed by atoms with van der Waals surface area (Å²) in [5.74, 6) is 0.678. The minimum absolute atomic E-state index is 0.351. The predicted molar refractivity (Wildman–Crippen MR) is 58.9 cm³/mol. The highest BCUT2D eigenvalue weighted by atomic mass is 35.5. The van der Waals surface area contributed by atoms with Gasteiger partial charge in [0.2, 0.25) is 0 Å². The van der Waals surface area contributed by atoms with Crippen LogP contribution in [0.3, 0.4) is 0 Å². The average molecular weight is 223 g/mol. The van der Waals surface area contributed by atoms with Crippen LogP contribution in [0.15, 0.2) is 12.1 Å². The van der Waals surface area contributed by atoms with Gasteiger partial charge >= 0.3 is 0 Å². The van der Waals surface area contributed by atoms with Gasteiger partial charge in [-0.15, -0.1) is 0 Å². The predicted octanol–water partition coefficient (Wildman–Crippen LogP) is 1.33. The number of likely N-dealkylation sites (N-methyl/N-ethyl adjacent to an activating group) is 1. The third-order valence-corrected chi connectivity index (χ3v) is 2.53. The third-order valence-electron chi connectivity index (χ3n) is 2.34. The van der Waals surface area contributed by atoms with E-state index in [9.17, 15) is 0 Å². The van der Waals surface area contributed by atoms with Gasteiger partial charge < -0.3 is 10.2 Å². The molecular formula is C10H11ClN4. The van der Waals surface area contributed by atoms with E-state index < -0.39 is 0 Å². The molecule has 0 spiro atoms. The molecule has 0 aromatic carbocycles. The molecule has 2 rings (SSSR count). The van der Waals surface area contributed by atoms with Gasteiger partial charge in [0.1, 0.15) is 11.0 Å². The molecule has 1 saturated heterocycles. The van der Waals surface area contributed by atoms with Gasteiger partial charge in [0.15, 0.2) is 0 Å². The molecule has 1 aliphatic heterocycles. The molecule has 78 valence electrons. The molecule has 1 aromatic heterocycles. The minimum atomic E-state index is 0.351.